The second-order valence-corrected chi connectivity index (χ2v) is 7.16. The number of piperidine rings is 1. The van der Waals surface area contributed by atoms with Crippen molar-refractivity contribution >= 4 is 5.82 Å². The van der Waals surface area contributed by atoms with E-state index in [1.54, 1.807) is 6.33 Å². The largest absolute Gasteiger partial charge is 0.424 e. The Labute approximate surface area is 153 Å². The average Bonchev–Trinajstić information content (AvgIpc) is 3.13. The Morgan fingerprint density at radius 2 is 1.92 bits per heavy atom. The fourth-order valence-corrected chi connectivity index (χ4v) is 3.61. The van der Waals surface area contributed by atoms with Gasteiger partial charge in [0.15, 0.2) is 0 Å². The van der Waals surface area contributed by atoms with Crippen LogP contribution in [0.4, 0.5) is 5.82 Å². The first kappa shape index (κ1) is 17.4. The van der Waals surface area contributed by atoms with Crippen molar-refractivity contribution in [1.29, 1.82) is 0 Å². The van der Waals surface area contributed by atoms with Crippen LogP contribution in [0.15, 0.2) is 16.8 Å². The van der Waals surface area contributed by atoms with Crippen LogP contribution in [0.25, 0.3) is 0 Å². The molecule has 4 rings (SSSR count). The Morgan fingerprint density at radius 3 is 2.69 bits per heavy atom. The summed E-state index contributed by atoms with van der Waals surface area (Å²) in [6.45, 7) is 6.31. The normalized spacial score (nSPS) is 20.3. The molecule has 8 heteroatoms. The van der Waals surface area contributed by atoms with Crippen LogP contribution in [-0.2, 0) is 11.3 Å². The van der Waals surface area contributed by atoms with Crippen molar-refractivity contribution < 1.29 is 9.15 Å². The molecule has 2 aliphatic rings. The topological polar surface area (TPSA) is 89.2 Å². The maximum Gasteiger partial charge on any atom is 0.230 e. The van der Waals surface area contributed by atoms with Gasteiger partial charge in [-0.3, -0.25) is 4.90 Å². The summed E-state index contributed by atoms with van der Waals surface area (Å²) in [7, 11) is 0. The van der Waals surface area contributed by atoms with Crippen LogP contribution in [0.5, 0.6) is 0 Å². The molecule has 2 aromatic rings. The lowest BCUT2D eigenvalue weighted by Gasteiger charge is -2.31. The van der Waals surface area contributed by atoms with Crippen LogP contribution in [0.2, 0.25) is 0 Å². The van der Waals surface area contributed by atoms with E-state index < -0.39 is 0 Å². The number of nitrogens with one attached hydrogen (secondary N) is 1. The summed E-state index contributed by atoms with van der Waals surface area (Å²) in [5.41, 5.74) is 0.983. The zero-order valence-electron chi connectivity index (χ0n) is 15.2. The lowest BCUT2D eigenvalue weighted by atomic mass is 10.0. The van der Waals surface area contributed by atoms with E-state index in [9.17, 15) is 0 Å². The third kappa shape index (κ3) is 4.37. The third-order valence-corrected chi connectivity index (χ3v) is 5.16. The molecule has 0 aromatic carbocycles. The SMILES string of the molecule is Cc1cc(NC2CCN(Cc3nnc(C4CCOCC4)o3)CC2)ncn1. The van der Waals surface area contributed by atoms with E-state index >= 15 is 0 Å². The summed E-state index contributed by atoms with van der Waals surface area (Å²) in [4.78, 5) is 10.8. The molecule has 1 N–H and O–H groups in total. The minimum absolute atomic E-state index is 0.358. The smallest absolute Gasteiger partial charge is 0.230 e. The van der Waals surface area contributed by atoms with E-state index in [1.807, 2.05) is 13.0 Å². The molecule has 0 bridgehead atoms. The molecular formula is C18H26N6O2. The molecule has 0 saturated carbocycles. The van der Waals surface area contributed by atoms with Gasteiger partial charge in [-0.2, -0.15) is 0 Å². The number of likely N-dealkylation sites (tertiary alicyclic amines) is 1. The first-order valence-electron chi connectivity index (χ1n) is 9.44. The number of hydrogen-bond donors (Lipinski definition) is 1. The minimum Gasteiger partial charge on any atom is -0.424 e. The Hall–Kier alpha value is -2.06. The van der Waals surface area contributed by atoms with E-state index in [1.165, 1.54) is 0 Å². The van der Waals surface area contributed by atoms with E-state index in [2.05, 4.69) is 30.4 Å². The van der Waals surface area contributed by atoms with Gasteiger partial charge in [0.05, 0.1) is 6.54 Å². The van der Waals surface area contributed by atoms with Gasteiger partial charge in [-0.15, -0.1) is 10.2 Å². The number of ether oxygens (including phenoxy) is 1. The fourth-order valence-electron chi connectivity index (χ4n) is 3.61. The van der Waals surface area contributed by atoms with E-state index in [4.69, 9.17) is 9.15 Å². The van der Waals surface area contributed by atoms with Crippen LogP contribution in [-0.4, -0.2) is 57.4 Å². The molecule has 26 heavy (non-hydrogen) atoms. The highest BCUT2D eigenvalue weighted by molar-refractivity contribution is 5.35. The third-order valence-electron chi connectivity index (χ3n) is 5.16. The van der Waals surface area contributed by atoms with Gasteiger partial charge in [-0.25, -0.2) is 9.97 Å². The second-order valence-electron chi connectivity index (χ2n) is 7.16. The molecule has 0 aliphatic carbocycles. The Balaban J connectivity index is 1.25. The van der Waals surface area contributed by atoms with E-state index in [0.29, 0.717) is 12.0 Å². The molecule has 0 unspecified atom stereocenters. The quantitative estimate of drug-likeness (QED) is 0.869. The summed E-state index contributed by atoms with van der Waals surface area (Å²) in [6.07, 6.45) is 5.70. The van der Waals surface area contributed by atoms with Gasteiger partial charge in [-0.1, -0.05) is 0 Å². The number of nitrogens with zero attached hydrogens (tertiary/aromatic N) is 5. The predicted octanol–water partition coefficient (Wildman–Crippen LogP) is 2.14. The van der Waals surface area contributed by atoms with Crippen molar-refractivity contribution in [2.75, 3.05) is 31.6 Å². The fraction of sp³-hybridized carbons (Fsp3) is 0.667. The lowest BCUT2D eigenvalue weighted by Crippen LogP contribution is -2.38. The first-order valence-corrected chi connectivity index (χ1v) is 9.44. The monoisotopic (exact) mass is 358 g/mol. The van der Waals surface area contributed by atoms with Crippen molar-refractivity contribution in [1.82, 2.24) is 25.1 Å². The lowest BCUT2D eigenvalue weighted by molar-refractivity contribution is 0.0787. The van der Waals surface area contributed by atoms with Crippen LogP contribution in [0.3, 0.4) is 0 Å². The molecule has 0 spiro atoms. The van der Waals surface area contributed by atoms with E-state index in [0.717, 1.165) is 81.8 Å². The van der Waals surface area contributed by atoms with Gasteiger partial charge in [0, 0.05) is 50.0 Å². The molecule has 2 fully saturated rings. The predicted molar refractivity (Wildman–Crippen MR) is 95.8 cm³/mol. The molecule has 140 valence electrons. The Morgan fingerprint density at radius 1 is 1.12 bits per heavy atom. The van der Waals surface area contributed by atoms with Crippen molar-refractivity contribution in [2.24, 2.45) is 0 Å². The highest BCUT2D eigenvalue weighted by Gasteiger charge is 2.24. The molecule has 2 saturated heterocycles. The molecule has 0 radical (unpaired) electrons. The molecule has 0 amide bonds. The molecule has 2 aromatic heterocycles. The molecular weight excluding hydrogens is 332 g/mol. The summed E-state index contributed by atoms with van der Waals surface area (Å²) >= 11 is 0. The van der Waals surface area contributed by atoms with Crippen LogP contribution < -0.4 is 5.32 Å². The van der Waals surface area contributed by atoms with Gasteiger partial charge in [-0.05, 0) is 32.6 Å². The van der Waals surface area contributed by atoms with Gasteiger partial charge in [0.1, 0.15) is 12.1 Å². The number of rotatable bonds is 5. The van der Waals surface area contributed by atoms with Crippen molar-refractivity contribution in [2.45, 2.75) is 51.1 Å². The average molecular weight is 358 g/mol. The van der Waals surface area contributed by atoms with Gasteiger partial charge in [0.2, 0.25) is 11.8 Å². The minimum atomic E-state index is 0.358. The maximum absolute atomic E-state index is 5.91. The maximum atomic E-state index is 5.91. The van der Waals surface area contributed by atoms with Crippen molar-refractivity contribution in [3.8, 4) is 0 Å². The van der Waals surface area contributed by atoms with Crippen LogP contribution in [0, 0.1) is 6.92 Å². The number of hydrogen-bond acceptors (Lipinski definition) is 8. The van der Waals surface area contributed by atoms with Gasteiger partial charge < -0.3 is 14.5 Å². The second kappa shape index (κ2) is 8.09. The van der Waals surface area contributed by atoms with Crippen molar-refractivity contribution in [3.63, 3.8) is 0 Å². The summed E-state index contributed by atoms with van der Waals surface area (Å²) in [5, 5.41) is 12.0. The van der Waals surface area contributed by atoms with Gasteiger partial charge >= 0.3 is 0 Å². The zero-order valence-corrected chi connectivity index (χ0v) is 15.2. The number of aryl methyl sites for hydroxylation is 1. The van der Waals surface area contributed by atoms with Crippen LogP contribution in [0.1, 0.15) is 49.1 Å². The zero-order chi connectivity index (χ0) is 17.8. The van der Waals surface area contributed by atoms with Gasteiger partial charge in [0.25, 0.3) is 0 Å². The van der Waals surface area contributed by atoms with Crippen LogP contribution >= 0.6 is 0 Å². The summed E-state index contributed by atoms with van der Waals surface area (Å²) < 4.78 is 11.3. The highest BCUT2D eigenvalue weighted by atomic mass is 16.5. The molecule has 4 heterocycles. The number of aromatic nitrogens is 4. The molecule has 8 nitrogen and oxygen atoms in total. The highest BCUT2D eigenvalue weighted by Crippen LogP contribution is 2.26. The Bertz CT molecular complexity index is 707. The van der Waals surface area contributed by atoms with Crippen molar-refractivity contribution in [3.05, 3.63) is 29.9 Å². The Kier molecular flexibility index (Phi) is 5.40. The summed E-state index contributed by atoms with van der Waals surface area (Å²) in [5.74, 6) is 2.77. The molecule has 2 aliphatic heterocycles. The standard InChI is InChI=1S/C18H26N6O2/c1-13-10-16(20-12-19-13)21-15-2-6-24(7-3-15)11-17-22-23-18(26-17)14-4-8-25-9-5-14/h10,12,14-15H,2-9,11H2,1H3,(H,19,20,21). The summed E-state index contributed by atoms with van der Waals surface area (Å²) in [6, 6.07) is 2.43. The molecule has 0 atom stereocenters. The first-order chi connectivity index (χ1) is 12.8. The van der Waals surface area contributed by atoms with E-state index in [-0.39, 0.29) is 0 Å². The number of anilines is 1.